The van der Waals surface area contributed by atoms with Crippen molar-refractivity contribution in [2.45, 2.75) is 4.21 Å². The molecule has 1 aliphatic rings. The monoisotopic (exact) mass is 552 g/mol. The zero-order valence-corrected chi connectivity index (χ0v) is 21.9. The first-order chi connectivity index (χ1) is 18.3. The summed E-state index contributed by atoms with van der Waals surface area (Å²) in [5, 5.41) is 8.74. The summed E-state index contributed by atoms with van der Waals surface area (Å²) in [5.74, 6) is -0.528. The Labute approximate surface area is 221 Å². The zero-order valence-electron chi connectivity index (χ0n) is 20.2. The van der Waals surface area contributed by atoms with Gasteiger partial charge in [-0.05, 0) is 42.0 Å². The van der Waals surface area contributed by atoms with Crippen LogP contribution in [0.3, 0.4) is 0 Å². The highest BCUT2D eigenvalue weighted by Gasteiger charge is 2.23. The third kappa shape index (κ3) is 4.50. The van der Waals surface area contributed by atoms with E-state index in [2.05, 4.69) is 30.0 Å². The van der Waals surface area contributed by atoms with Gasteiger partial charge in [0.2, 0.25) is 0 Å². The molecule has 8 nitrogen and oxygen atoms in total. The number of H-pyrrole nitrogens is 1. The van der Waals surface area contributed by atoms with Gasteiger partial charge in [-0.25, -0.2) is 27.2 Å². The summed E-state index contributed by atoms with van der Waals surface area (Å²) in [4.78, 5) is 13.4. The molecule has 1 N–H and O–H groups in total. The van der Waals surface area contributed by atoms with E-state index in [4.69, 9.17) is 0 Å². The Bertz CT molecular complexity index is 1760. The van der Waals surface area contributed by atoms with Crippen molar-refractivity contribution in [3.8, 4) is 22.4 Å². The molecule has 1 fully saturated rings. The van der Waals surface area contributed by atoms with Crippen LogP contribution in [0.2, 0.25) is 0 Å². The van der Waals surface area contributed by atoms with Crippen molar-refractivity contribution in [1.82, 2.24) is 20.2 Å². The number of hydrogen-bond acceptors (Lipinski definition) is 8. The summed E-state index contributed by atoms with van der Waals surface area (Å²) in [6, 6.07) is 12.7. The van der Waals surface area contributed by atoms with Gasteiger partial charge in [0.15, 0.2) is 9.84 Å². The van der Waals surface area contributed by atoms with Crippen molar-refractivity contribution in [2.75, 3.05) is 42.2 Å². The van der Waals surface area contributed by atoms with Gasteiger partial charge in [-0.2, -0.15) is 5.10 Å². The normalized spacial score (nSPS) is 14.4. The minimum atomic E-state index is -3.23. The average Bonchev–Trinajstić information content (AvgIpc) is 3.59. The van der Waals surface area contributed by atoms with Crippen molar-refractivity contribution < 1.29 is 17.2 Å². The number of rotatable bonds is 5. The fourth-order valence-electron chi connectivity index (χ4n) is 4.68. The summed E-state index contributed by atoms with van der Waals surface area (Å²) < 4.78 is 52.1. The van der Waals surface area contributed by atoms with Crippen LogP contribution in [0.25, 0.3) is 33.3 Å². The topological polar surface area (TPSA) is 95.1 Å². The van der Waals surface area contributed by atoms with Crippen LogP contribution < -0.4 is 9.80 Å². The zero-order chi connectivity index (χ0) is 26.4. The largest absolute Gasteiger partial charge is 0.360 e. The van der Waals surface area contributed by atoms with E-state index in [1.807, 2.05) is 24.3 Å². The highest BCUT2D eigenvalue weighted by Crippen LogP contribution is 2.36. The summed E-state index contributed by atoms with van der Waals surface area (Å²) in [5.41, 5.74) is 2.93. The number of fused-ring (bicyclic) bond motifs is 1. The fraction of sp³-hybridized carbons (Fsp3) is 0.192. The SMILES string of the molecule is CS(=O)(=O)c1ccc(N2CCN(c3ncnc4ccc(-c5cn[nH]c5-c5ccc(F)cc5F)cc34)CC2)s1. The second-order valence-corrected chi connectivity index (χ2v) is 12.4. The highest BCUT2D eigenvalue weighted by molar-refractivity contribution is 7.92. The maximum absolute atomic E-state index is 14.5. The van der Waals surface area contributed by atoms with Crippen LogP contribution in [0.15, 0.2) is 65.3 Å². The standard InChI is InChI=1S/C26H22F2N6O2S2/c1-38(35,36)24-7-6-23(37-24)33-8-10-34(11-9-33)26-19-12-16(2-5-22(19)29-15-30-26)20-14-31-32-25(20)18-4-3-17(27)13-21(18)28/h2-7,12-15H,8-11H2,1H3,(H,31,32). The van der Waals surface area contributed by atoms with Gasteiger partial charge in [0.05, 0.1) is 22.4 Å². The molecule has 0 saturated carbocycles. The van der Waals surface area contributed by atoms with E-state index in [9.17, 15) is 17.2 Å². The van der Waals surface area contributed by atoms with E-state index in [0.29, 0.717) is 41.6 Å². The van der Waals surface area contributed by atoms with Gasteiger partial charge in [-0.15, -0.1) is 11.3 Å². The second-order valence-electron chi connectivity index (χ2n) is 9.05. The molecule has 2 aromatic carbocycles. The van der Waals surface area contributed by atoms with Crippen LogP contribution in [-0.2, 0) is 9.84 Å². The van der Waals surface area contributed by atoms with E-state index < -0.39 is 21.5 Å². The van der Waals surface area contributed by atoms with Crippen LogP contribution in [0.1, 0.15) is 0 Å². The fourth-order valence-corrected chi connectivity index (χ4v) is 6.65. The van der Waals surface area contributed by atoms with Crippen LogP contribution in [0, 0.1) is 11.6 Å². The number of hydrogen-bond donors (Lipinski definition) is 1. The Morgan fingerprint density at radius 3 is 2.45 bits per heavy atom. The quantitative estimate of drug-likeness (QED) is 0.336. The minimum Gasteiger partial charge on any atom is -0.360 e. The molecular weight excluding hydrogens is 530 g/mol. The van der Waals surface area contributed by atoms with Gasteiger partial charge in [0.1, 0.15) is 28.0 Å². The maximum atomic E-state index is 14.5. The molecule has 194 valence electrons. The summed E-state index contributed by atoms with van der Waals surface area (Å²) >= 11 is 1.29. The van der Waals surface area contributed by atoms with E-state index in [1.54, 1.807) is 18.6 Å². The van der Waals surface area contributed by atoms with Crippen molar-refractivity contribution >= 4 is 42.9 Å². The number of nitrogens with one attached hydrogen (secondary N) is 1. The lowest BCUT2D eigenvalue weighted by Crippen LogP contribution is -2.46. The molecule has 0 aliphatic carbocycles. The number of thiophene rings is 1. The lowest BCUT2D eigenvalue weighted by molar-refractivity contribution is 0.585. The molecule has 0 spiro atoms. The van der Waals surface area contributed by atoms with Gasteiger partial charge in [-0.1, -0.05) is 6.07 Å². The maximum Gasteiger partial charge on any atom is 0.184 e. The number of halogens is 2. The van der Waals surface area contributed by atoms with Crippen LogP contribution in [0.5, 0.6) is 0 Å². The molecule has 0 bridgehead atoms. The molecule has 38 heavy (non-hydrogen) atoms. The first-order valence-corrected chi connectivity index (χ1v) is 14.5. The van der Waals surface area contributed by atoms with Gasteiger partial charge < -0.3 is 9.80 Å². The first-order valence-electron chi connectivity index (χ1n) is 11.8. The molecule has 4 heterocycles. The lowest BCUT2D eigenvalue weighted by Gasteiger charge is -2.36. The van der Waals surface area contributed by atoms with Crippen molar-refractivity contribution in [2.24, 2.45) is 0 Å². The molecular formula is C26H22F2N6O2S2. The number of anilines is 2. The van der Waals surface area contributed by atoms with Crippen LogP contribution in [-0.4, -0.2) is 61.0 Å². The second kappa shape index (κ2) is 9.44. The Morgan fingerprint density at radius 1 is 0.921 bits per heavy atom. The van der Waals surface area contributed by atoms with E-state index in [-0.39, 0.29) is 5.56 Å². The Morgan fingerprint density at radius 2 is 1.71 bits per heavy atom. The average molecular weight is 553 g/mol. The van der Waals surface area contributed by atoms with E-state index >= 15 is 0 Å². The molecule has 1 saturated heterocycles. The molecule has 0 radical (unpaired) electrons. The third-order valence-corrected chi connectivity index (χ3v) is 9.55. The summed E-state index contributed by atoms with van der Waals surface area (Å²) in [6.07, 6.45) is 4.38. The Hall–Kier alpha value is -3.90. The number of nitrogens with zero attached hydrogens (tertiary/aromatic N) is 5. The molecule has 0 atom stereocenters. The molecule has 5 aromatic rings. The van der Waals surface area contributed by atoms with Crippen molar-refractivity contribution in [3.63, 3.8) is 0 Å². The number of sulfone groups is 1. The molecule has 1 aliphatic heterocycles. The van der Waals surface area contributed by atoms with Gasteiger partial charge in [0.25, 0.3) is 0 Å². The predicted octanol–water partition coefficient (Wildman–Crippen LogP) is 4.76. The van der Waals surface area contributed by atoms with Crippen LogP contribution in [0.4, 0.5) is 19.6 Å². The van der Waals surface area contributed by atoms with E-state index in [1.165, 1.54) is 29.7 Å². The molecule has 0 amide bonds. The minimum absolute atomic E-state index is 0.229. The number of aromatic nitrogens is 4. The Kier molecular flexibility index (Phi) is 6.07. The van der Waals surface area contributed by atoms with E-state index in [0.717, 1.165) is 33.4 Å². The molecule has 12 heteroatoms. The third-order valence-electron chi connectivity index (χ3n) is 6.59. The number of aromatic amines is 1. The number of piperazine rings is 1. The van der Waals surface area contributed by atoms with Gasteiger partial charge in [-0.3, -0.25) is 5.10 Å². The Balaban J connectivity index is 1.30. The van der Waals surface area contributed by atoms with Crippen molar-refractivity contribution in [1.29, 1.82) is 0 Å². The summed E-state index contributed by atoms with van der Waals surface area (Å²) in [7, 11) is -3.23. The van der Waals surface area contributed by atoms with Gasteiger partial charge in [0, 0.05) is 55.0 Å². The van der Waals surface area contributed by atoms with Crippen LogP contribution >= 0.6 is 11.3 Å². The molecule has 0 unspecified atom stereocenters. The van der Waals surface area contributed by atoms with Gasteiger partial charge >= 0.3 is 0 Å². The first kappa shape index (κ1) is 24.4. The predicted molar refractivity (Wildman–Crippen MR) is 144 cm³/mol. The highest BCUT2D eigenvalue weighted by atomic mass is 32.2. The summed E-state index contributed by atoms with van der Waals surface area (Å²) in [6.45, 7) is 2.82. The molecule has 3 aromatic heterocycles. The molecule has 6 rings (SSSR count). The smallest absolute Gasteiger partial charge is 0.184 e. The lowest BCUT2D eigenvalue weighted by atomic mass is 10.00. The van der Waals surface area contributed by atoms with Crippen molar-refractivity contribution in [3.05, 3.63) is 72.7 Å². The number of benzene rings is 2.